The zero-order chi connectivity index (χ0) is 24.6. The van der Waals surface area contributed by atoms with E-state index >= 15 is 0 Å². The van der Waals surface area contributed by atoms with Crippen molar-refractivity contribution in [2.75, 3.05) is 0 Å². The van der Waals surface area contributed by atoms with E-state index in [0.717, 1.165) is 0 Å². The van der Waals surface area contributed by atoms with E-state index in [1.165, 1.54) is 19.1 Å². The quantitative estimate of drug-likeness (QED) is 0.312. The molecule has 4 aromatic carbocycles. The van der Waals surface area contributed by atoms with E-state index in [2.05, 4.69) is 0 Å². The summed E-state index contributed by atoms with van der Waals surface area (Å²) in [7, 11) is 0. The maximum absolute atomic E-state index is 12.7. The van der Waals surface area contributed by atoms with E-state index in [-0.39, 0.29) is 28.7 Å². The van der Waals surface area contributed by atoms with Crippen LogP contribution in [0.4, 0.5) is 0 Å². The molecule has 4 rings (SSSR count). The fourth-order valence-electron chi connectivity index (χ4n) is 3.95. The van der Waals surface area contributed by atoms with Gasteiger partial charge >= 0.3 is 17.9 Å². The first-order valence-corrected chi connectivity index (χ1v) is 10.3. The SMILES string of the molecule is CC(OC(=O)c1cc2ccccc2c(Cc2c(O)c(C(=O)O)cc3ccccc23)c1O)C(=O)O. The minimum atomic E-state index is -1.43. The van der Waals surface area contributed by atoms with Gasteiger partial charge in [-0.2, -0.15) is 0 Å². The number of carboxylic acid groups (broad SMARTS) is 2. The van der Waals surface area contributed by atoms with Crippen molar-refractivity contribution in [2.45, 2.75) is 19.4 Å². The van der Waals surface area contributed by atoms with Crippen molar-refractivity contribution in [1.29, 1.82) is 0 Å². The van der Waals surface area contributed by atoms with E-state index in [1.54, 1.807) is 48.5 Å². The molecule has 4 N–H and O–H groups in total. The molecule has 4 aromatic rings. The summed E-state index contributed by atoms with van der Waals surface area (Å²) >= 11 is 0. The number of rotatable bonds is 6. The largest absolute Gasteiger partial charge is 0.507 e. The molecule has 8 heteroatoms. The molecule has 1 atom stereocenters. The van der Waals surface area contributed by atoms with Gasteiger partial charge in [0, 0.05) is 17.5 Å². The monoisotopic (exact) mass is 460 g/mol. The smallest absolute Gasteiger partial charge is 0.344 e. The lowest BCUT2D eigenvalue weighted by Crippen LogP contribution is -2.23. The second kappa shape index (κ2) is 8.74. The summed E-state index contributed by atoms with van der Waals surface area (Å²) in [6.45, 7) is 1.20. The number of phenols is 2. The third kappa shape index (κ3) is 3.97. The topological polar surface area (TPSA) is 141 Å². The molecule has 34 heavy (non-hydrogen) atoms. The molecule has 0 aliphatic heterocycles. The van der Waals surface area contributed by atoms with Gasteiger partial charge in [-0.1, -0.05) is 48.5 Å². The molecule has 0 fully saturated rings. The number of esters is 1. The number of carbonyl (C=O) groups is 3. The summed E-state index contributed by atoms with van der Waals surface area (Å²) in [6.07, 6.45) is -1.53. The van der Waals surface area contributed by atoms with E-state index in [0.29, 0.717) is 21.5 Å². The third-order valence-corrected chi connectivity index (χ3v) is 5.69. The van der Waals surface area contributed by atoms with Crippen LogP contribution in [0, 0.1) is 0 Å². The Morgan fingerprint density at radius 3 is 1.76 bits per heavy atom. The Hall–Kier alpha value is -4.59. The number of benzene rings is 4. The van der Waals surface area contributed by atoms with Crippen LogP contribution in [0.2, 0.25) is 0 Å². The van der Waals surface area contributed by atoms with Crippen LogP contribution in [-0.4, -0.2) is 44.4 Å². The molecule has 0 spiro atoms. The molecule has 8 nitrogen and oxygen atoms in total. The Balaban J connectivity index is 1.94. The van der Waals surface area contributed by atoms with E-state index in [9.17, 15) is 29.7 Å². The van der Waals surface area contributed by atoms with Gasteiger partial charge in [0.2, 0.25) is 0 Å². The maximum Gasteiger partial charge on any atom is 0.344 e. The van der Waals surface area contributed by atoms with Crippen LogP contribution in [-0.2, 0) is 16.0 Å². The normalized spacial score (nSPS) is 11.9. The van der Waals surface area contributed by atoms with Gasteiger partial charge in [0.25, 0.3) is 0 Å². The van der Waals surface area contributed by atoms with E-state index in [4.69, 9.17) is 9.84 Å². The molecular weight excluding hydrogens is 440 g/mol. The molecule has 0 saturated carbocycles. The number of hydrogen-bond acceptors (Lipinski definition) is 6. The molecule has 0 aliphatic rings. The van der Waals surface area contributed by atoms with Gasteiger partial charge in [-0.25, -0.2) is 14.4 Å². The van der Waals surface area contributed by atoms with Crippen LogP contribution < -0.4 is 0 Å². The van der Waals surface area contributed by atoms with Crippen LogP contribution >= 0.6 is 0 Å². The fourth-order valence-corrected chi connectivity index (χ4v) is 3.95. The highest BCUT2D eigenvalue weighted by Gasteiger charge is 2.25. The van der Waals surface area contributed by atoms with Crippen LogP contribution in [0.5, 0.6) is 11.5 Å². The van der Waals surface area contributed by atoms with Gasteiger partial charge in [-0.3, -0.25) is 0 Å². The predicted molar refractivity (Wildman–Crippen MR) is 124 cm³/mol. The van der Waals surface area contributed by atoms with Gasteiger partial charge in [0.1, 0.15) is 22.6 Å². The number of aliphatic carboxylic acids is 1. The number of aromatic hydroxyl groups is 2. The van der Waals surface area contributed by atoms with E-state index < -0.39 is 35.5 Å². The Labute approximate surface area is 193 Å². The van der Waals surface area contributed by atoms with Crippen molar-refractivity contribution < 1.29 is 39.5 Å². The average Bonchev–Trinajstić information content (AvgIpc) is 2.81. The number of phenolic OH excluding ortho intramolecular Hbond substituents is 1. The summed E-state index contributed by atoms with van der Waals surface area (Å²) in [4.78, 5) is 35.5. The van der Waals surface area contributed by atoms with Crippen molar-refractivity contribution in [1.82, 2.24) is 0 Å². The van der Waals surface area contributed by atoms with Crippen molar-refractivity contribution in [3.8, 4) is 11.5 Å². The minimum Gasteiger partial charge on any atom is -0.507 e. The Kier molecular flexibility index (Phi) is 5.81. The second-order valence-electron chi connectivity index (χ2n) is 7.81. The van der Waals surface area contributed by atoms with Gasteiger partial charge in [-0.05, 0) is 40.6 Å². The fraction of sp³-hybridized carbons (Fsp3) is 0.115. The molecule has 0 bridgehead atoms. The third-order valence-electron chi connectivity index (χ3n) is 5.69. The molecule has 0 heterocycles. The summed E-state index contributed by atoms with van der Waals surface area (Å²) < 4.78 is 4.95. The maximum atomic E-state index is 12.7. The zero-order valence-electron chi connectivity index (χ0n) is 18.0. The summed E-state index contributed by atoms with van der Waals surface area (Å²) in [5.41, 5.74) is -0.000258. The van der Waals surface area contributed by atoms with Crippen molar-refractivity contribution in [3.63, 3.8) is 0 Å². The van der Waals surface area contributed by atoms with Crippen LogP contribution in [0.25, 0.3) is 21.5 Å². The Morgan fingerprint density at radius 1 is 0.794 bits per heavy atom. The number of fused-ring (bicyclic) bond motifs is 2. The molecule has 0 aromatic heterocycles. The number of aromatic carboxylic acids is 1. The van der Waals surface area contributed by atoms with Crippen molar-refractivity contribution >= 4 is 39.5 Å². The second-order valence-corrected chi connectivity index (χ2v) is 7.81. The number of carbonyl (C=O) groups excluding carboxylic acids is 1. The lowest BCUT2D eigenvalue weighted by molar-refractivity contribution is -0.146. The average molecular weight is 460 g/mol. The van der Waals surface area contributed by atoms with Gasteiger partial charge in [-0.15, -0.1) is 0 Å². The Morgan fingerprint density at radius 2 is 1.26 bits per heavy atom. The van der Waals surface area contributed by atoms with Crippen molar-refractivity contribution in [2.24, 2.45) is 0 Å². The van der Waals surface area contributed by atoms with Crippen molar-refractivity contribution in [3.05, 3.63) is 82.9 Å². The number of ether oxygens (including phenoxy) is 1. The minimum absolute atomic E-state index is 0.102. The lowest BCUT2D eigenvalue weighted by atomic mass is 9.90. The van der Waals surface area contributed by atoms with Gasteiger partial charge in [0.05, 0.1) is 0 Å². The summed E-state index contributed by atoms with van der Waals surface area (Å²) in [5, 5.41) is 42.8. The predicted octanol–water partition coefficient (Wildman–Crippen LogP) is 4.32. The first-order chi connectivity index (χ1) is 16.2. The Bertz CT molecular complexity index is 1470. The zero-order valence-corrected chi connectivity index (χ0v) is 18.0. The van der Waals surface area contributed by atoms with Gasteiger partial charge in [0.15, 0.2) is 6.10 Å². The molecular formula is C26H20O8. The molecule has 0 saturated heterocycles. The molecule has 0 radical (unpaired) electrons. The highest BCUT2D eigenvalue weighted by Crippen LogP contribution is 2.39. The molecule has 0 amide bonds. The molecule has 1 unspecified atom stereocenters. The standard InChI is InChI=1S/C26H20O8/c1-13(24(29)30)34-26(33)21-11-15-7-3-5-9-17(15)19(23(21)28)12-18-16-8-4-2-6-14(16)10-20(22(18)27)25(31)32/h2-11,13,27-28H,12H2,1H3,(H,29,30)(H,31,32). The first kappa shape index (κ1) is 22.6. The molecule has 172 valence electrons. The highest BCUT2D eigenvalue weighted by molar-refractivity contribution is 6.03. The first-order valence-electron chi connectivity index (χ1n) is 10.3. The van der Waals surface area contributed by atoms with E-state index in [1.807, 2.05) is 0 Å². The van der Waals surface area contributed by atoms with Crippen LogP contribution in [0.3, 0.4) is 0 Å². The molecule has 0 aliphatic carbocycles. The van der Waals surface area contributed by atoms with Gasteiger partial charge < -0.3 is 25.2 Å². The highest BCUT2D eigenvalue weighted by atomic mass is 16.6. The lowest BCUT2D eigenvalue weighted by Gasteiger charge is -2.17. The number of carboxylic acids is 2. The number of hydrogen-bond donors (Lipinski definition) is 4. The van der Waals surface area contributed by atoms with Crippen LogP contribution in [0.15, 0.2) is 60.7 Å². The summed E-state index contributed by atoms with van der Waals surface area (Å²) in [6, 6.07) is 16.6. The summed E-state index contributed by atoms with van der Waals surface area (Å²) in [5.74, 6) is -4.55. The van der Waals surface area contributed by atoms with Crippen LogP contribution in [0.1, 0.15) is 38.8 Å².